The van der Waals surface area contributed by atoms with Crippen LogP contribution in [-0.2, 0) is 0 Å². The van der Waals surface area contributed by atoms with Crippen LogP contribution in [-0.4, -0.2) is 15.9 Å². The topological polar surface area (TPSA) is 57.8 Å². The number of carbonyl (C=O) groups is 1. The predicted molar refractivity (Wildman–Crippen MR) is 73.1 cm³/mol. The molecular formula is C13H11N3OS. The van der Waals surface area contributed by atoms with Crippen molar-refractivity contribution in [2.45, 2.75) is 6.92 Å². The SMILES string of the molecule is Cc1cnc(NC(=O)c2ccc3cc[nH]c3c2)s1. The minimum atomic E-state index is -0.138. The highest BCUT2D eigenvalue weighted by molar-refractivity contribution is 7.15. The van der Waals surface area contributed by atoms with E-state index in [1.807, 2.05) is 37.4 Å². The molecule has 0 spiro atoms. The number of H-pyrrole nitrogens is 1. The lowest BCUT2D eigenvalue weighted by molar-refractivity contribution is 0.102. The first kappa shape index (κ1) is 11.0. The van der Waals surface area contributed by atoms with Crippen LogP contribution in [0, 0.1) is 6.92 Å². The van der Waals surface area contributed by atoms with Gasteiger partial charge in [-0.3, -0.25) is 10.1 Å². The number of nitrogens with one attached hydrogen (secondary N) is 2. The Bertz CT molecular complexity index is 714. The summed E-state index contributed by atoms with van der Waals surface area (Å²) in [5, 5.41) is 4.51. The van der Waals surface area contributed by atoms with E-state index < -0.39 is 0 Å². The van der Waals surface area contributed by atoms with E-state index in [0.29, 0.717) is 10.7 Å². The first-order valence-electron chi connectivity index (χ1n) is 5.53. The quantitative estimate of drug-likeness (QED) is 0.740. The van der Waals surface area contributed by atoms with Crippen molar-refractivity contribution >= 4 is 33.3 Å². The van der Waals surface area contributed by atoms with Crippen LogP contribution in [0.15, 0.2) is 36.7 Å². The zero-order chi connectivity index (χ0) is 12.5. The molecule has 5 heteroatoms. The molecule has 0 unspecified atom stereocenters. The molecule has 2 N–H and O–H groups in total. The van der Waals surface area contributed by atoms with Gasteiger partial charge >= 0.3 is 0 Å². The maximum atomic E-state index is 12.0. The second-order valence-electron chi connectivity index (χ2n) is 4.01. The minimum Gasteiger partial charge on any atom is -0.361 e. The third-order valence-corrected chi connectivity index (χ3v) is 3.49. The van der Waals surface area contributed by atoms with Crippen LogP contribution in [0.2, 0.25) is 0 Å². The predicted octanol–water partition coefficient (Wildman–Crippen LogP) is 3.19. The van der Waals surface area contributed by atoms with Gasteiger partial charge in [0.2, 0.25) is 0 Å². The Hall–Kier alpha value is -2.14. The van der Waals surface area contributed by atoms with Gasteiger partial charge in [0.25, 0.3) is 5.91 Å². The number of carbonyl (C=O) groups excluding carboxylic acids is 1. The summed E-state index contributed by atoms with van der Waals surface area (Å²) in [4.78, 5) is 20.3. The monoisotopic (exact) mass is 257 g/mol. The van der Waals surface area contributed by atoms with Gasteiger partial charge in [-0.1, -0.05) is 6.07 Å². The maximum absolute atomic E-state index is 12.0. The Morgan fingerprint density at radius 3 is 3.06 bits per heavy atom. The second kappa shape index (κ2) is 4.27. The fourth-order valence-corrected chi connectivity index (χ4v) is 2.43. The van der Waals surface area contributed by atoms with E-state index in [1.165, 1.54) is 11.3 Å². The third kappa shape index (κ3) is 2.00. The van der Waals surface area contributed by atoms with Gasteiger partial charge in [0, 0.05) is 28.4 Å². The van der Waals surface area contributed by atoms with Crippen molar-refractivity contribution in [3.05, 3.63) is 47.1 Å². The molecule has 4 nitrogen and oxygen atoms in total. The van der Waals surface area contributed by atoms with Crippen LogP contribution < -0.4 is 5.32 Å². The Morgan fingerprint density at radius 1 is 1.39 bits per heavy atom. The number of anilines is 1. The Labute approximate surface area is 108 Å². The lowest BCUT2D eigenvalue weighted by atomic mass is 10.1. The zero-order valence-corrected chi connectivity index (χ0v) is 10.5. The molecule has 0 bridgehead atoms. The van der Waals surface area contributed by atoms with Gasteiger partial charge in [0.15, 0.2) is 5.13 Å². The number of benzene rings is 1. The van der Waals surface area contributed by atoms with E-state index in [4.69, 9.17) is 0 Å². The summed E-state index contributed by atoms with van der Waals surface area (Å²) in [6.07, 6.45) is 3.60. The molecule has 0 aliphatic carbocycles. The standard InChI is InChI=1S/C13H11N3OS/c1-8-7-15-13(18-8)16-12(17)10-3-2-9-4-5-14-11(9)6-10/h2-7,14H,1H3,(H,15,16,17). The first-order valence-corrected chi connectivity index (χ1v) is 6.35. The van der Waals surface area contributed by atoms with Gasteiger partial charge in [-0.2, -0.15) is 0 Å². The van der Waals surface area contributed by atoms with Crippen molar-refractivity contribution in [3.8, 4) is 0 Å². The highest BCUT2D eigenvalue weighted by Gasteiger charge is 2.09. The molecule has 90 valence electrons. The van der Waals surface area contributed by atoms with Gasteiger partial charge in [-0.25, -0.2) is 4.98 Å². The molecule has 3 rings (SSSR count). The van der Waals surface area contributed by atoms with Crippen molar-refractivity contribution in [3.63, 3.8) is 0 Å². The second-order valence-corrected chi connectivity index (χ2v) is 5.24. The highest BCUT2D eigenvalue weighted by Crippen LogP contribution is 2.19. The average molecular weight is 257 g/mol. The first-order chi connectivity index (χ1) is 8.72. The number of thiazole rings is 1. The molecule has 3 aromatic rings. The molecule has 0 atom stereocenters. The molecule has 0 saturated heterocycles. The van der Waals surface area contributed by atoms with Gasteiger partial charge in [-0.05, 0) is 30.5 Å². The number of aromatic amines is 1. The van der Waals surface area contributed by atoms with Gasteiger partial charge < -0.3 is 4.98 Å². The Balaban J connectivity index is 1.87. The van der Waals surface area contributed by atoms with E-state index >= 15 is 0 Å². The number of hydrogen-bond acceptors (Lipinski definition) is 3. The summed E-state index contributed by atoms with van der Waals surface area (Å²) in [6, 6.07) is 7.55. The maximum Gasteiger partial charge on any atom is 0.257 e. The van der Waals surface area contributed by atoms with Crippen LogP contribution in [0.5, 0.6) is 0 Å². The van der Waals surface area contributed by atoms with Crippen LogP contribution in [0.4, 0.5) is 5.13 Å². The van der Waals surface area contributed by atoms with Crippen molar-refractivity contribution in [2.75, 3.05) is 5.32 Å². The van der Waals surface area contributed by atoms with Crippen molar-refractivity contribution < 1.29 is 4.79 Å². The van der Waals surface area contributed by atoms with Crippen molar-refractivity contribution in [1.82, 2.24) is 9.97 Å². The van der Waals surface area contributed by atoms with Crippen LogP contribution in [0.3, 0.4) is 0 Å². The van der Waals surface area contributed by atoms with E-state index in [2.05, 4.69) is 15.3 Å². The fourth-order valence-electron chi connectivity index (χ4n) is 1.77. The summed E-state index contributed by atoms with van der Waals surface area (Å²) in [5.74, 6) is -0.138. The van der Waals surface area contributed by atoms with Crippen LogP contribution >= 0.6 is 11.3 Å². The number of amides is 1. The number of aromatic nitrogens is 2. The summed E-state index contributed by atoms with van der Waals surface area (Å²) in [5.41, 5.74) is 1.58. The zero-order valence-electron chi connectivity index (χ0n) is 9.73. The largest absolute Gasteiger partial charge is 0.361 e. The smallest absolute Gasteiger partial charge is 0.257 e. The number of nitrogens with zero attached hydrogens (tertiary/aromatic N) is 1. The van der Waals surface area contributed by atoms with Crippen LogP contribution in [0.25, 0.3) is 10.9 Å². The van der Waals surface area contributed by atoms with Gasteiger partial charge in [-0.15, -0.1) is 11.3 Å². The van der Waals surface area contributed by atoms with Crippen LogP contribution in [0.1, 0.15) is 15.2 Å². The van der Waals surface area contributed by atoms with E-state index in [9.17, 15) is 4.79 Å². The molecule has 0 aliphatic rings. The molecule has 0 fully saturated rings. The Morgan fingerprint density at radius 2 is 2.28 bits per heavy atom. The molecular weight excluding hydrogens is 246 g/mol. The number of fused-ring (bicyclic) bond motifs is 1. The molecule has 2 heterocycles. The fraction of sp³-hybridized carbons (Fsp3) is 0.0769. The summed E-state index contributed by atoms with van der Waals surface area (Å²) >= 11 is 1.47. The normalized spacial score (nSPS) is 10.7. The van der Waals surface area contributed by atoms with Gasteiger partial charge in [0.05, 0.1) is 0 Å². The Kier molecular flexibility index (Phi) is 2.60. The lowest BCUT2D eigenvalue weighted by Gasteiger charge is -2.01. The molecule has 0 radical (unpaired) electrons. The summed E-state index contributed by atoms with van der Waals surface area (Å²) in [7, 11) is 0. The molecule has 2 aromatic heterocycles. The molecule has 1 aromatic carbocycles. The summed E-state index contributed by atoms with van der Waals surface area (Å²) < 4.78 is 0. The third-order valence-electron chi connectivity index (χ3n) is 2.66. The average Bonchev–Trinajstić information content (AvgIpc) is 2.96. The van der Waals surface area contributed by atoms with Crippen molar-refractivity contribution in [2.24, 2.45) is 0 Å². The number of aryl methyl sites for hydroxylation is 1. The molecule has 1 amide bonds. The molecule has 18 heavy (non-hydrogen) atoms. The highest BCUT2D eigenvalue weighted by atomic mass is 32.1. The molecule has 0 aliphatic heterocycles. The molecule has 0 saturated carbocycles. The van der Waals surface area contributed by atoms with E-state index in [-0.39, 0.29) is 5.91 Å². The minimum absolute atomic E-state index is 0.138. The summed E-state index contributed by atoms with van der Waals surface area (Å²) in [6.45, 7) is 1.96. The van der Waals surface area contributed by atoms with E-state index in [1.54, 1.807) is 6.20 Å². The van der Waals surface area contributed by atoms with E-state index in [0.717, 1.165) is 15.8 Å². The van der Waals surface area contributed by atoms with Gasteiger partial charge in [0.1, 0.15) is 0 Å². The number of rotatable bonds is 2. The number of hydrogen-bond donors (Lipinski definition) is 2. The lowest BCUT2D eigenvalue weighted by Crippen LogP contribution is -2.11. The van der Waals surface area contributed by atoms with Crippen molar-refractivity contribution in [1.29, 1.82) is 0 Å².